The molecule has 0 saturated carbocycles. The Hall–Kier alpha value is -2.19. The van der Waals surface area contributed by atoms with E-state index >= 15 is 0 Å². The molecule has 0 aromatic rings. The fourth-order valence-corrected chi connectivity index (χ4v) is 3.12. The summed E-state index contributed by atoms with van der Waals surface area (Å²) >= 11 is 6.13. The van der Waals surface area contributed by atoms with E-state index in [0.29, 0.717) is 6.42 Å². The molecule has 0 spiro atoms. The number of amides is 2. The smallest absolute Gasteiger partial charge is 0.313 e. The molecule has 120 valence electrons. The molecule has 1 fully saturated rings. The van der Waals surface area contributed by atoms with Gasteiger partial charge in [-0.15, -0.1) is 18.3 Å². The highest BCUT2D eigenvalue weighted by molar-refractivity contribution is 8.03. The van der Waals surface area contributed by atoms with Crippen LogP contribution < -0.4 is 5.32 Å². The maximum absolute atomic E-state index is 12.4. The van der Waals surface area contributed by atoms with E-state index in [1.54, 1.807) is 6.08 Å². The first-order valence-corrected chi connectivity index (χ1v) is 8.07. The Labute approximate surface area is 142 Å². The van der Waals surface area contributed by atoms with E-state index in [9.17, 15) is 14.4 Å². The third-order valence-corrected chi connectivity index (χ3v) is 4.51. The molecule has 0 radical (unpaired) electrons. The summed E-state index contributed by atoms with van der Waals surface area (Å²) in [6.07, 6.45) is 7.20. The molecule has 2 aliphatic rings. The Balaban J connectivity index is 2.29. The van der Waals surface area contributed by atoms with Crippen LogP contribution in [0.15, 0.2) is 46.9 Å². The van der Waals surface area contributed by atoms with Crippen LogP contribution in [0, 0.1) is 0 Å². The summed E-state index contributed by atoms with van der Waals surface area (Å²) in [5.41, 5.74) is 0.716. The molecule has 1 aliphatic heterocycles. The molecule has 0 aromatic carbocycles. The number of hydrogen-bond acceptors (Lipinski definition) is 5. The number of carboxylic acid groups (broad SMARTS) is 1. The quantitative estimate of drug-likeness (QED) is 0.326. The molecular weight excluding hydrogens is 336 g/mol. The lowest BCUT2D eigenvalue weighted by atomic mass is 10.1. The molecule has 1 saturated heterocycles. The fourth-order valence-electron chi connectivity index (χ4n) is 2.07. The number of carboxylic acids is 1. The minimum atomic E-state index is -0.927. The van der Waals surface area contributed by atoms with Gasteiger partial charge in [-0.25, -0.2) is 0 Å². The maximum atomic E-state index is 12.4. The number of aliphatic carboxylic acids is 1. The topological polar surface area (TPSA) is 86.7 Å². The van der Waals surface area contributed by atoms with Crippen LogP contribution in [0.1, 0.15) is 6.42 Å². The van der Waals surface area contributed by atoms with Gasteiger partial charge in [0, 0.05) is 11.4 Å². The molecule has 8 heteroatoms. The van der Waals surface area contributed by atoms with E-state index < -0.39 is 17.8 Å². The summed E-state index contributed by atoms with van der Waals surface area (Å²) in [4.78, 5) is 37.1. The van der Waals surface area contributed by atoms with Crippen molar-refractivity contribution in [2.45, 2.75) is 6.42 Å². The van der Waals surface area contributed by atoms with E-state index in [1.807, 2.05) is 6.08 Å². The number of thiocarbonyl (C=S) groups is 1. The monoisotopic (exact) mass is 350 g/mol. The number of thioether (sulfide) groups is 1. The highest BCUT2D eigenvalue weighted by atomic mass is 32.2. The Morgan fingerprint density at radius 1 is 1.52 bits per heavy atom. The second-order valence-corrected chi connectivity index (χ2v) is 6.10. The van der Waals surface area contributed by atoms with Gasteiger partial charge in [-0.2, -0.15) is 0 Å². The summed E-state index contributed by atoms with van der Waals surface area (Å²) in [5, 5.41) is 11.3. The van der Waals surface area contributed by atoms with Crippen molar-refractivity contribution in [1.29, 1.82) is 0 Å². The fraction of sp³-hybridized carbons (Fsp3) is 0.200. The van der Waals surface area contributed by atoms with E-state index in [4.69, 9.17) is 17.3 Å². The summed E-state index contributed by atoms with van der Waals surface area (Å²) in [5.74, 6) is -2.05. The van der Waals surface area contributed by atoms with Gasteiger partial charge in [-0.05, 0) is 30.3 Å². The molecule has 0 bridgehead atoms. The van der Waals surface area contributed by atoms with Crippen LogP contribution in [0.4, 0.5) is 0 Å². The van der Waals surface area contributed by atoms with Gasteiger partial charge in [-0.1, -0.05) is 18.2 Å². The van der Waals surface area contributed by atoms with Gasteiger partial charge in [-0.3, -0.25) is 24.6 Å². The average Bonchev–Trinajstić information content (AvgIpc) is 2.93. The van der Waals surface area contributed by atoms with Crippen molar-refractivity contribution in [3.05, 3.63) is 46.9 Å². The van der Waals surface area contributed by atoms with Gasteiger partial charge in [0.05, 0.1) is 5.75 Å². The van der Waals surface area contributed by atoms with Gasteiger partial charge in [0.25, 0.3) is 11.8 Å². The molecule has 2 N–H and O–H groups in total. The molecule has 6 nitrogen and oxygen atoms in total. The van der Waals surface area contributed by atoms with Gasteiger partial charge in [0.1, 0.15) is 5.57 Å². The zero-order valence-corrected chi connectivity index (χ0v) is 13.7. The lowest BCUT2D eigenvalue weighted by Gasteiger charge is -2.27. The second kappa shape index (κ2) is 7.38. The maximum Gasteiger partial charge on any atom is 0.313 e. The Kier molecular flexibility index (Phi) is 5.51. The van der Waals surface area contributed by atoms with Gasteiger partial charge in [0.2, 0.25) is 0 Å². The van der Waals surface area contributed by atoms with Gasteiger partial charge < -0.3 is 5.11 Å². The standard InChI is InChI=1S/C15H14N2O4S2/c1-2-6-17-14(21)10(13(20)16-15(17)22)7-9-4-3-5-11(9)23-8-12(18)19/h2-3,5,7H,1,4,6,8H2,(H,18,19)(H,16,20,22)/b10-7+. The van der Waals surface area contributed by atoms with Crippen molar-refractivity contribution in [2.24, 2.45) is 0 Å². The van der Waals surface area contributed by atoms with Crippen LogP contribution in [0.5, 0.6) is 0 Å². The molecular formula is C15H14N2O4S2. The molecule has 0 atom stereocenters. The van der Waals surface area contributed by atoms with Crippen molar-refractivity contribution < 1.29 is 19.5 Å². The predicted molar refractivity (Wildman–Crippen MR) is 91.6 cm³/mol. The highest BCUT2D eigenvalue weighted by Gasteiger charge is 2.33. The number of carbonyl (C=O) groups excluding carboxylic acids is 2. The SMILES string of the molecule is C=CCN1C(=O)/C(=C/C2=C(SCC(=O)O)C=CC2)C(=O)NC1=S. The van der Waals surface area contributed by atoms with E-state index in [-0.39, 0.29) is 23.0 Å². The van der Waals surface area contributed by atoms with Crippen LogP contribution >= 0.6 is 24.0 Å². The van der Waals surface area contributed by atoms with Crippen molar-refractivity contribution in [3.63, 3.8) is 0 Å². The summed E-state index contributed by atoms with van der Waals surface area (Å²) < 4.78 is 0. The number of allylic oxidation sites excluding steroid dienone is 4. The van der Waals surface area contributed by atoms with E-state index in [0.717, 1.165) is 22.2 Å². The molecule has 2 amide bonds. The van der Waals surface area contributed by atoms with Crippen molar-refractivity contribution in [2.75, 3.05) is 12.3 Å². The zero-order chi connectivity index (χ0) is 17.0. The number of carbonyl (C=O) groups is 3. The van der Waals surface area contributed by atoms with E-state index in [1.165, 1.54) is 17.1 Å². The number of rotatable bonds is 6. The largest absolute Gasteiger partial charge is 0.481 e. The first kappa shape index (κ1) is 17.2. The number of nitrogens with one attached hydrogen (secondary N) is 1. The minimum Gasteiger partial charge on any atom is -0.481 e. The molecule has 23 heavy (non-hydrogen) atoms. The van der Waals surface area contributed by atoms with Crippen LogP contribution in [0.25, 0.3) is 0 Å². The van der Waals surface area contributed by atoms with E-state index in [2.05, 4.69) is 11.9 Å². The van der Waals surface area contributed by atoms with Crippen LogP contribution in [0.2, 0.25) is 0 Å². The first-order chi connectivity index (χ1) is 10.9. The highest BCUT2D eigenvalue weighted by Crippen LogP contribution is 2.30. The van der Waals surface area contributed by atoms with Crippen molar-refractivity contribution in [1.82, 2.24) is 10.2 Å². The van der Waals surface area contributed by atoms with Crippen LogP contribution in [-0.2, 0) is 14.4 Å². The number of nitrogens with zero attached hydrogens (tertiary/aromatic N) is 1. The molecule has 2 rings (SSSR count). The summed E-state index contributed by atoms with van der Waals surface area (Å²) in [6, 6.07) is 0. The molecule has 1 heterocycles. The lowest BCUT2D eigenvalue weighted by Crippen LogP contribution is -2.54. The Morgan fingerprint density at radius 2 is 2.26 bits per heavy atom. The van der Waals surface area contributed by atoms with Crippen LogP contribution in [0.3, 0.4) is 0 Å². The normalized spacial score (nSPS) is 19.6. The Bertz CT molecular complexity index is 692. The number of hydrogen-bond donors (Lipinski definition) is 2. The molecule has 0 unspecified atom stereocenters. The third-order valence-electron chi connectivity index (χ3n) is 3.09. The zero-order valence-electron chi connectivity index (χ0n) is 12.1. The summed E-state index contributed by atoms with van der Waals surface area (Å²) in [7, 11) is 0. The van der Waals surface area contributed by atoms with Crippen molar-refractivity contribution >= 4 is 46.9 Å². The van der Waals surface area contributed by atoms with Gasteiger partial charge >= 0.3 is 5.97 Å². The molecule has 0 aromatic heterocycles. The third kappa shape index (κ3) is 3.96. The average molecular weight is 350 g/mol. The lowest BCUT2D eigenvalue weighted by molar-refractivity contribution is -0.134. The summed E-state index contributed by atoms with van der Waals surface area (Å²) in [6.45, 7) is 3.76. The van der Waals surface area contributed by atoms with Crippen molar-refractivity contribution in [3.8, 4) is 0 Å². The Morgan fingerprint density at radius 3 is 2.91 bits per heavy atom. The first-order valence-electron chi connectivity index (χ1n) is 6.68. The van der Waals surface area contributed by atoms with Gasteiger partial charge in [0.15, 0.2) is 5.11 Å². The predicted octanol–water partition coefficient (Wildman–Crippen LogP) is 1.37. The van der Waals surface area contributed by atoms with Crippen LogP contribution in [-0.4, -0.2) is 45.2 Å². The molecule has 1 aliphatic carbocycles. The minimum absolute atomic E-state index is 0.0208. The second-order valence-electron chi connectivity index (χ2n) is 4.70.